The largest absolute Gasteiger partial charge is 0.330 e. The maximum absolute atomic E-state index is 5.83. The summed E-state index contributed by atoms with van der Waals surface area (Å²) in [6, 6.07) is 9.93. The molecule has 1 aliphatic heterocycles. The number of benzene rings is 1. The predicted molar refractivity (Wildman–Crippen MR) is 87.8 cm³/mol. The lowest BCUT2D eigenvalue weighted by Gasteiger charge is -2.31. The van der Waals surface area contributed by atoms with Crippen molar-refractivity contribution in [2.24, 2.45) is 11.7 Å². The highest BCUT2D eigenvalue weighted by molar-refractivity contribution is 9.10. The molecule has 1 heterocycles. The zero-order chi connectivity index (χ0) is 13.1. The van der Waals surface area contributed by atoms with Crippen molar-refractivity contribution >= 4 is 28.3 Å². The molecule has 1 fully saturated rings. The van der Waals surface area contributed by atoms with Gasteiger partial charge >= 0.3 is 0 Å². The molecule has 0 bridgehead atoms. The van der Waals surface area contributed by atoms with Crippen molar-refractivity contribution in [3.63, 3.8) is 0 Å². The van der Waals surface area contributed by atoms with E-state index in [-0.39, 0.29) is 12.4 Å². The van der Waals surface area contributed by atoms with Gasteiger partial charge in [-0.15, -0.1) is 12.4 Å². The van der Waals surface area contributed by atoms with Gasteiger partial charge in [-0.25, -0.2) is 0 Å². The molecule has 0 aliphatic carbocycles. The minimum atomic E-state index is 0. The summed E-state index contributed by atoms with van der Waals surface area (Å²) < 4.78 is 1.15. The fraction of sp³-hybridized carbons (Fsp3) is 0.600. The molecule has 0 aromatic heterocycles. The van der Waals surface area contributed by atoms with Crippen LogP contribution in [0.15, 0.2) is 28.7 Å². The molecule has 2 rings (SSSR count). The summed E-state index contributed by atoms with van der Waals surface area (Å²) in [5.41, 5.74) is 7.25. The maximum atomic E-state index is 5.83. The van der Waals surface area contributed by atoms with E-state index < -0.39 is 0 Å². The zero-order valence-electron chi connectivity index (χ0n) is 11.7. The summed E-state index contributed by atoms with van der Waals surface area (Å²) in [7, 11) is 0. The average molecular weight is 348 g/mol. The van der Waals surface area contributed by atoms with Gasteiger partial charge in [0.1, 0.15) is 0 Å². The molecular weight excluding hydrogens is 324 g/mol. The summed E-state index contributed by atoms with van der Waals surface area (Å²) in [5.74, 6) is 0.671. The van der Waals surface area contributed by atoms with E-state index in [9.17, 15) is 0 Å². The summed E-state index contributed by atoms with van der Waals surface area (Å²) >= 11 is 3.50. The van der Waals surface area contributed by atoms with E-state index in [1.165, 1.54) is 12.0 Å². The number of hydrogen-bond acceptors (Lipinski definition) is 2. The van der Waals surface area contributed by atoms with Crippen molar-refractivity contribution in [3.05, 3.63) is 34.3 Å². The van der Waals surface area contributed by atoms with Crippen LogP contribution >= 0.6 is 28.3 Å². The van der Waals surface area contributed by atoms with Gasteiger partial charge in [0.15, 0.2) is 0 Å². The Morgan fingerprint density at radius 3 is 2.47 bits per heavy atom. The molecule has 1 aromatic carbocycles. The van der Waals surface area contributed by atoms with Crippen LogP contribution in [0.1, 0.15) is 38.3 Å². The number of halogens is 2. The predicted octanol–water partition coefficient (Wildman–Crippen LogP) is 3.99. The van der Waals surface area contributed by atoms with Gasteiger partial charge in [0.05, 0.1) is 0 Å². The first-order valence-electron chi connectivity index (χ1n) is 6.87. The molecule has 2 N–H and O–H groups in total. The van der Waals surface area contributed by atoms with Crippen LogP contribution in [0.25, 0.3) is 0 Å². The van der Waals surface area contributed by atoms with Gasteiger partial charge in [0, 0.05) is 23.1 Å². The lowest BCUT2D eigenvalue weighted by Crippen LogP contribution is -2.32. The Balaban J connectivity index is 0.00000180. The van der Waals surface area contributed by atoms with Gasteiger partial charge in [-0.2, -0.15) is 0 Å². The number of nitrogens with zero attached hydrogens (tertiary/aromatic N) is 1. The molecule has 108 valence electrons. The van der Waals surface area contributed by atoms with Gasteiger partial charge in [-0.3, -0.25) is 4.90 Å². The summed E-state index contributed by atoms with van der Waals surface area (Å²) in [6.07, 6.45) is 2.40. The second kappa shape index (κ2) is 7.63. The van der Waals surface area contributed by atoms with Crippen molar-refractivity contribution in [1.82, 2.24) is 4.90 Å². The Morgan fingerprint density at radius 2 is 2.00 bits per heavy atom. The van der Waals surface area contributed by atoms with Crippen molar-refractivity contribution in [2.75, 3.05) is 13.1 Å². The Kier molecular flexibility index (Phi) is 6.81. The third kappa shape index (κ3) is 3.94. The van der Waals surface area contributed by atoms with Crippen molar-refractivity contribution < 1.29 is 0 Å². The van der Waals surface area contributed by atoms with E-state index in [2.05, 4.69) is 58.9 Å². The minimum Gasteiger partial charge on any atom is -0.330 e. The third-order valence-electron chi connectivity index (χ3n) is 4.08. The minimum absolute atomic E-state index is 0. The molecular formula is C15H24BrClN2. The topological polar surface area (TPSA) is 29.3 Å². The van der Waals surface area contributed by atoms with Crippen LogP contribution in [-0.2, 0) is 0 Å². The van der Waals surface area contributed by atoms with E-state index in [1.54, 1.807) is 0 Å². The van der Waals surface area contributed by atoms with E-state index in [0.717, 1.165) is 24.0 Å². The van der Waals surface area contributed by atoms with Crippen molar-refractivity contribution in [1.29, 1.82) is 0 Å². The SMILES string of the molecule is CCC(c1ccc(Br)cc1)N1CC(CN)CC1C.Cl. The molecule has 19 heavy (non-hydrogen) atoms. The third-order valence-corrected chi connectivity index (χ3v) is 4.61. The van der Waals surface area contributed by atoms with Crippen molar-refractivity contribution in [2.45, 2.75) is 38.8 Å². The first kappa shape index (κ1) is 17.0. The average Bonchev–Trinajstić information content (AvgIpc) is 2.74. The van der Waals surface area contributed by atoms with Crippen molar-refractivity contribution in [3.8, 4) is 0 Å². The molecule has 3 unspecified atom stereocenters. The highest BCUT2D eigenvalue weighted by atomic mass is 79.9. The Hall–Kier alpha value is -0.0900. The first-order valence-corrected chi connectivity index (χ1v) is 7.66. The highest BCUT2D eigenvalue weighted by Gasteiger charge is 2.32. The molecule has 0 spiro atoms. The van der Waals surface area contributed by atoms with Gasteiger partial charge in [0.25, 0.3) is 0 Å². The van der Waals surface area contributed by atoms with Crippen LogP contribution in [0.2, 0.25) is 0 Å². The Labute approximate surface area is 131 Å². The number of likely N-dealkylation sites (tertiary alicyclic amines) is 1. The molecule has 2 nitrogen and oxygen atoms in total. The summed E-state index contributed by atoms with van der Waals surface area (Å²) in [6.45, 7) is 6.57. The molecule has 0 saturated carbocycles. The molecule has 1 aliphatic rings. The molecule has 1 aromatic rings. The van der Waals surface area contributed by atoms with E-state index in [1.807, 2.05) is 0 Å². The standard InChI is InChI=1S/C15H23BrN2.ClH/c1-3-15(13-4-6-14(16)7-5-13)18-10-12(9-17)8-11(18)2;/h4-7,11-12,15H,3,8-10,17H2,1-2H3;1H. The van der Waals surface area contributed by atoms with E-state index in [4.69, 9.17) is 5.73 Å². The van der Waals surface area contributed by atoms with Crippen LogP contribution < -0.4 is 5.73 Å². The maximum Gasteiger partial charge on any atom is 0.0348 e. The summed E-state index contributed by atoms with van der Waals surface area (Å²) in [4.78, 5) is 2.63. The van der Waals surface area contributed by atoms with Crippen LogP contribution in [-0.4, -0.2) is 24.0 Å². The lowest BCUT2D eigenvalue weighted by molar-refractivity contribution is 0.182. The van der Waals surface area contributed by atoms with E-state index >= 15 is 0 Å². The van der Waals surface area contributed by atoms with Crippen LogP contribution in [0.3, 0.4) is 0 Å². The van der Waals surface area contributed by atoms with Gasteiger partial charge in [-0.1, -0.05) is 35.0 Å². The molecule has 3 atom stereocenters. The first-order chi connectivity index (χ1) is 8.65. The van der Waals surface area contributed by atoms with Gasteiger partial charge in [0.2, 0.25) is 0 Å². The molecule has 0 radical (unpaired) electrons. The summed E-state index contributed by atoms with van der Waals surface area (Å²) in [5, 5.41) is 0. The quantitative estimate of drug-likeness (QED) is 0.892. The van der Waals surface area contributed by atoms with Gasteiger partial charge < -0.3 is 5.73 Å². The number of nitrogens with two attached hydrogens (primary N) is 1. The van der Waals surface area contributed by atoms with Crippen LogP contribution in [0.4, 0.5) is 0 Å². The fourth-order valence-electron chi connectivity index (χ4n) is 3.12. The Bertz CT molecular complexity index is 382. The van der Waals surface area contributed by atoms with Crippen LogP contribution in [0, 0.1) is 5.92 Å². The number of hydrogen-bond donors (Lipinski definition) is 1. The highest BCUT2D eigenvalue weighted by Crippen LogP contribution is 2.34. The molecule has 1 saturated heterocycles. The fourth-order valence-corrected chi connectivity index (χ4v) is 3.39. The number of rotatable bonds is 4. The normalized spacial score (nSPS) is 25.1. The van der Waals surface area contributed by atoms with Crippen LogP contribution in [0.5, 0.6) is 0 Å². The smallest absolute Gasteiger partial charge is 0.0348 e. The van der Waals surface area contributed by atoms with E-state index in [0.29, 0.717) is 18.0 Å². The zero-order valence-corrected chi connectivity index (χ0v) is 14.1. The Morgan fingerprint density at radius 1 is 1.37 bits per heavy atom. The second-order valence-corrected chi connectivity index (χ2v) is 6.27. The lowest BCUT2D eigenvalue weighted by atomic mass is 10.0. The molecule has 0 amide bonds. The second-order valence-electron chi connectivity index (χ2n) is 5.36. The van der Waals surface area contributed by atoms with Gasteiger partial charge in [-0.05, 0) is 49.9 Å². The monoisotopic (exact) mass is 346 g/mol. The molecule has 4 heteroatoms.